The fraction of sp³-hybridized carbons (Fsp3) is 0.294. The zero-order valence-electron chi connectivity index (χ0n) is 13.7. The summed E-state index contributed by atoms with van der Waals surface area (Å²) in [6.07, 6.45) is -0.742. The summed E-state index contributed by atoms with van der Waals surface area (Å²) in [6, 6.07) is 7.78. The molecule has 23 heavy (non-hydrogen) atoms. The molecule has 6 heteroatoms. The van der Waals surface area contributed by atoms with Crippen molar-refractivity contribution in [2.75, 3.05) is 5.32 Å². The van der Waals surface area contributed by atoms with Crippen LogP contribution < -0.4 is 11.1 Å². The second-order valence-corrected chi connectivity index (χ2v) is 6.41. The monoisotopic (exact) mass is 331 g/mol. The summed E-state index contributed by atoms with van der Waals surface area (Å²) in [4.78, 5) is 18.3. The van der Waals surface area contributed by atoms with Gasteiger partial charge in [0.25, 0.3) is 5.91 Å². The van der Waals surface area contributed by atoms with E-state index in [1.807, 2.05) is 50.4 Å². The van der Waals surface area contributed by atoms with Gasteiger partial charge in [0.15, 0.2) is 5.84 Å². The molecule has 5 nitrogen and oxygen atoms in total. The molecule has 0 aliphatic rings. The lowest BCUT2D eigenvalue weighted by Crippen LogP contribution is -2.28. The average molecular weight is 331 g/mol. The van der Waals surface area contributed by atoms with Crippen molar-refractivity contribution >= 4 is 28.8 Å². The van der Waals surface area contributed by atoms with Crippen molar-refractivity contribution in [3.63, 3.8) is 0 Å². The van der Waals surface area contributed by atoms with Crippen LogP contribution in [0, 0.1) is 20.8 Å². The van der Waals surface area contributed by atoms with Gasteiger partial charge < -0.3 is 15.9 Å². The number of rotatable bonds is 5. The van der Waals surface area contributed by atoms with E-state index in [0.717, 1.165) is 27.3 Å². The van der Waals surface area contributed by atoms with E-state index in [0.29, 0.717) is 0 Å². The lowest BCUT2D eigenvalue weighted by molar-refractivity contribution is -0.126. The van der Waals surface area contributed by atoms with E-state index in [9.17, 15) is 4.79 Å². The van der Waals surface area contributed by atoms with Crippen LogP contribution in [0.25, 0.3) is 0 Å². The van der Waals surface area contributed by atoms with Crippen LogP contribution in [0.3, 0.4) is 0 Å². The Hall–Kier alpha value is -2.34. The third-order valence-electron chi connectivity index (χ3n) is 3.38. The summed E-state index contributed by atoms with van der Waals surface area (Å²) in [7, 11) is 0. The Morgan fingerprint density at radius 2 is 1.96 bits per heavy atom. The number of thiophene rings is 1. The van der Waals surface area contributed by atoms with Gasteiger partial charge >= 0.3 is 0 Å². The molecule has 2 rings (SSSR count). The first-order valence-electron chi connectivity index (χ1n) is 7.30. The Kier molecular flexibility index (Phi) is 5.39. The SMILES string of the molecule is Cc1cc(C)c(NC(=O)C(C)O/N=C(\N)c2cccs2)c(C)c1. The summed E-state index contributed by atoms with van der Waals surface area (Å²) in [5, 5.41) is 8.62. The number of carbonyl (C=O) groups is 1. The Labute approximate surface area is 140 Å². The number of nitrogens with zero attached hydrogens (tertiary/aromatic N) is 1. The van der Waals surface area contributed by atoms with Gasteiger partial charge in [-0.05, 0) is 50.3 Å². The minimum Gasteiger partial charge on any atom is -0.381 e. The number of hydrogen-bond acceptors (Lipinski definition) is 4. The normalized spacial score (nSPS) is 12.8. The Bertz CT molecular complexity index is 700. The van der Waals surface area contributed by atoms with Crippen LogP contribution in [0.2, 0.25) is 0 Å². The number of amidine groups is 1. The fourth-order valence-corrected chi connectivity index (χ4v) is 2.87. The molecule has 122 valence electrons. The molecule has 0 saturated heterocycles. The Morgan fingerprint density at radius 1 is 1.30 bits per heavy atom. The van der Waals surface area contributed by atoms with E-state index < -0.39 is 6.10 Å². The van der Waals surface area contributed by atoms with E-state index in [4.69, 9.17) is 10.6 Å². The molecule has 0 spiro atoms. The minimum absolute atomic E-state index is 0.261. The zero-order valence-corrected chi connectivity index (χ0v) is 14.5. The number of carbonyl (C=O) groups excluding carboxylic acids is 1. The van der Waals surface area contributed by atoms with Crippen molar-refractivity contribution in [3.05, 3.63) is 51.2 Å². The molecule has 0 aliphatic carbocycles. The number of nitrogens with two attached hydrogens (primary N) is 1. The summed E-state index contributed by atoms with van der Waals surface area (Å²) < 4.78 is 0. The molecule has 1 heterocycles. The summed E-state index contributed by atoms with van der Waals surface area (Å²) in [5.41, 5.74) is 9.82. The van der Waals surface area contributed by atoms with Crippen LogP contribution in [0.15, 0.2) is 34.8 Å². The van der Waals surface area contributed by atoms with Crippen molar-refractivity contribution in [2.45, 2.75) is 33.8 Å². The second-order valence-electron chi connectivity index (χ2n) is 5.46. The summed E-state index contributed by atoms with van der Waals surface area (Å²) in [6.45, 7) is 7.60. The van der Waals surface area contributed by atoms with Gasteiger partial charge in [-0.15, -0.1) is 11.3 Å². The smallest absolute Gasteiger partial charge is 0.268 e. The second kappa shape index (κ2) is 7.28. The average Bonchev–Trinajstić information content (AvgIpc) is 3.02. The summed E-state index contributed by atoms with van der Waals surface area (Å²) in [5.74, 6) is 0.00475. The van der Waals surface area contributed by atoms with Crippen molar-refractivity contribution in [1.29, 1.82) is 0 Å². The molecule has 1 aromatic carbocycles. The first-order valence-corrected chi connectivity index (χ1v) is 8.18. The lowest BCUT2D eigenvalue weighted by atomic mass is 10.0. The van der Waals surface area contributed by atoms with Crippen molar-refractivity contribution in [1.82, 2.24) is 0 Å². The van der Waals surface area contributed by atoms with E-state index >= 15 is 0 Å². The maximum Gasteiger partial charge on any atom is 0.268 e. The standard InChI is InChI=1S/C17H21N3O2S/c1-10-8-11(2)15(12(3)9-10)19-17(21)13(4)22-20-16(18)14-6-5-7-23-14/h5-9,13H,1-4H3,(H2,18,20)(H,19,21). The van der Waals surface area contributed by atoms with Gasteiger partial charge in [-0.3, -0.25) is 4.79 Å². The molecule has 1 atom stereocenters. The number of amides is 1. The van der Waals surface area contributed by atoms with Gasteiger partial charge in [0.2, 0.25) is 6.10 Å². The van der Waals surface area contributed by atoms with Crippen molar-refractivity contribution < 1.29 is 9.63 Å². The van der Waals surface area contributed by atoms with Crippen LogP contribution in [0.5, 0.6) is 0 Å². The molecule has 0 radical (unpaired) electrons. The highest BCUT2D eigenvalue weighted by Gasteiger charge is 2.17. The number of aryl methyl sites for hydroxylation is 3. The largest absolute Gasteiger partial charge is 0.381 e. The summed E-state index contributed by atoms with van der Waals surface area (Å²) >= 11 is 1.46. The third-order valence-corrected chi connectivity index (χ3v) is 4.27. The predicted molar refractivity (Wildman–Crippen MR) is 94.9 cm³/mol. The number of nitrogens with one attached hydrogen (secondary N) is 1. The molecule has 3 N–H and O–H groups in total. The van der Waals surface area contributed by atoms with E-state index in [2.05, 4.69) is 10.5 Å². The maximum atomic E-state index is 12.3. The third kappa shape index (κ3) is 4.32. The Morgan fingerprint density at radius 3 is 2.52 bits per heavy atom. The first kappa shape index (κ1) is 17.0. The molecule has 0 saturated carbocycles. The Balaban J connectivity index is 2.02. The molecule has 0 fully saturated rings. The van der Waals surface area contributed by atoms with Gasteiger partial charge in [-0.2, -0.15) is 0 Å². The number of oxime groups is 1. The van der Waals surface area contributed by atoms with Crippen LogP contribution in [0.1, 0.15) is 28.5 Å². The quantitative estimate of drug-likeness (QED) is 0.501. The van der Waals surface area contributed by atoms with E-state index in [1.54, 1.807) is 6.92 Å². The van der Waals surface area contributed by atoms with Gasteiger partial charge in [-0.25, -0.2) is 0 Å². The predicted octanol–water partition coefficient (Wildman–Crippen LogP) is 3.34. The van der Waals surface area contributed by atoms with Crippen LogP contribution in [-0.4, -0.2) is 17.8 Å². The number of hydrogen-bond donors (Lipinski definition) is 2. The van der Waals surface area contributed by atoms with Crippen molar-refractivity contribution in [3.8, 4) is 0 Å². The van der Waals surface area contributed by atoms with Gasteiger partial charge in [0, 0.05) is 5.69 Å². The van der Waals surface area contributed by atoms with E-state index in [1.165, 1.54) is 11.3 Å². The number of anilines is 1. The minimum atomic E-state index is -0.742. The first-order chi connectivity index (χ1) is 10.9. The highest BCUT2D eigenvalue weighted by atomic mass is 32.1. The van der Waals surface area contributed by atoms with Crippen LogP contribution in [-0.2, 0) is 9.63 Å². The highest BCUT2D eigenvalue weighted by Crippen LogP contribution is 2.22. The maximum absolute atomic E-state index is 12.3. The van der Waals surface area contributed by atoms with Gasteiger partial charge in [0.1, 0.15) is 0 Å². The van der Waals surface area contributed by atoms with Gasteiger partial charge in [-0.1, -0.05) is 28.9 Å². The van der Waals surface area contributed by atoms with E-state index in [-0.39, 0.29) is 11.7 Å². The fourth-order valence-electron chi connectivity index (χ4n) is 2.26. The van der Waals surface area contributed by atoms with Crippen molar-refractivity contribution in [2.24, 2.45) is 10.9 Å². The molecule has 1 unspecified atom stereocenters. The van der Waals surface area contributed by atoms with Crippen LogP contribution >= 0.6 is 11.3 Å². The molecular formula is C17H21N3O2S. The molecule has 1 aromatic heterocycles. The number of benzene rings is 1. The molecular weight excluding hydrogens is 310 g/mol. The molecule has 1 amide bonds. The topological polar surface area (TPSA) is 76.7 Å². The highest BCUT2D eigenvalue weighted by molar-refractivity contribution is 7.12. The molecule has 0 bridgehead atoms. The van der Waals surface area contributed by atoms with Crippen LogP contribution in [0.4, 0.5) is 5.69 Å². The van der Waals surface area contributed by atoms with Gasteiger partial charge in [0.05, 0.1) is 4.88 Å². The molecule has 2 aromatic rings. The lowest BCUT2D eigenvalue weighted by Gasteiger charge is -2.15. The molecule has 0 aliphatic heterocycles. The zero-order chi connectivity index (χ0) is 17.0.